The van der Waals surface area contributed by atoms with Gasteiger partial charge in [0.05, 0.1) is 0 Å². The number of alkyl halides is 3. The smallest absolute Gasteiger partial charge is 0.352 e. The summed E-state index contributed by atoms with van der Waals surface area (Å²) in [6.07, 6.45) is -4.49. The number of piperidine rings is 1. The van der Waals surface area contributed by atoms with Gasteiger partial charge in [-0.25, -0.2) is 0 Å². The number of amides is 1. The van der Waals surface area contributed by atoms with Gasteiger partial charge in [-0.1, -0.05) is 0 Å². The number of likely N-dealkylation sites (tertiary alicyclic amines) is 1. The first-order valence-electron chi connectivity index (χ1n) is 5.28. The predicted molar refractivity (Wildman–Crippen MR) is 53.9 cm³/mol. The Hall–Kier alpha value is -0.780. The molecule has 94 valence electrons. The van der Waals surface area contributed by atoms with Crippen LogP contribution in [-0.4, -0.2) is 43.2 Å². The number of carbonyl (C=O) groups excluding carboxylic acids is 1. The topological polar surface area (TPSA) is 32.3 Å². The van der Waals surface area contributed by atoms with E-state index in [1.165, 1.54) is 6.92 Å². The van der Waals surface area contributed by atoms with Gasteiger partial charge in [-0.05, 0) is 19.4 Å². The number of likely N-dealkylation sites (N-methyl/N-ethyl adjacent to an activating group) is 1. The molecule has 1 rings (SSSR count). The molecule has 1 fully saturated rings. The largest absolute Gasteiger partial charge is 0.389 e. The second-order valence-corrected chi connectivity index (χ2v) is 4.54. The minimum absolute atomic E-state index is 0.163. The third kappa shape index (κ3) is 4.83. The molecule has 16 heavy (non-hydrogen) atoms. The monoisotopic (exact) mass is 238 g/mol. The Balaban J connectivity index is 2.50. The van der Waals surface area contributed by atoms with E-state index in [1.807, 2.05) is 4.90 Å². The number of halogens is 3. The van der Waals surface area contributed by atoms with Crippen molar-refractivity contribution < 1.29 is 18.0 Å². The van der Waals surface area contributed by atoms with E-state index in [-0.39, 0.29) is 11.9 Å². The highest BCUT2D eigenvalue weighted by Crippen LogP contribution is 2.29. The molecule has 0 aliphatic carbocycles. The molecule has 1 saturated heterocycles. The van der Waals surface area contributed by atoms with Crippen LogP contribution in [0.2, 0.25) is 0 Å². The molecular weight excluding hydrogens is 221 g/mol. The third-order valence-corrected chi connectivity index (χ3v) is 2.65. The number of rotatable bonds is 2. The van der Waals surface area contributed by atoms with Crippen LogP contribution < -0.4 is 5.32 Å². The van der Waals surface area contributed by atoms with Crippen LogP contribution in [0.1, 0.15) is 19.8 Å². The standard InChI is InChI=1S/C10H17F3N2O/c1-7(16)14-9-3-8(4-10(11,12)13)5-15(2)6-9/h8-9H,3-6H2,1-2H3,(H,14,16). The molecule has 0 saturated carbocycles. The van der Waals surface area contributed by atoms with E-state index < -0.39 is 18.5 Å². The maximum atomic E-state index is 12.3. The number of hydrogen-bond donors (Lipinski definition) is 1. The fraction of sp³-hybridized carbons (Fsp3) is 0.900. The molecule has 2 unspecified atom stereocenters. The lowest BCUT2D eigenvalue weighted by atomic mass is 9.91. The Morgan fingerprint density at radius 3 is 2.56 bits per heavy atom. The fourth-order valence-electron chi connectivity index (χ4n) is 2.31. The zero-order valence-electron chi connectivity index (χ0n) is 9.47. The third-order valence-electron chi connectivity index (χ3n) is 2.65. The Labute approximate surface area is 93.0 Å². The zero-order valence-corrected chi connectivity index (χ0v) is 9.47. The van der Waals surface area contributed by atoms with Crippen LogP contribution in [0.15, 0.2) is 0 Å². The Kier molecular flexibility index (Phi) is 4.18. The van der Waals surface area contributed by atoms with Gasteiger partial charge in [0, 0.05) is 32.5 Å². The van der Waals surface area contributed by atoms with Crippen LogP contribution in [0.4, 0.5) is 13.2 Å². The predicted octanol–water partition coefficient (Wildman–Crippen LogP) is 1.40. The first-order chi connectivity index (χ1) is 7.26. The summed E-state index contributed by atoms with van der Waals surface area (Å²) in [5, 5.41) is 2.68. The minimum atomic E-state index is -4.12. The first-order valence-corrected chi connectivity index (χ1v) is 5.28. The molecule has 2 atom stereocenters. The quantitative estimate of drug-likeness (QED) is 0.788. The van der Waals surface area contributed by atoms with E-state index in [0.29, 0.717) is 19.5 Å². The van der Waals surface area contributed by atoms with Crippen molar-refractivity contribution in [3.8, 4) is 0 Å². The van der Waals surface area contributed by atoms with Gasteiger partial charge < -0.3 is 10.2 Å². The van der Waals surface area contributed by atoms with Crippen molar-refractivity contribution >= 4 is 5.91 Å². The molecule has 1 aliphatic rings. The van der Waals surface area contributed by atoms with E-state index in [9.17, 15) is 18.0 Å². The maximum absolute atomic E-state index is 12.3. The minimum Gasteiger partial charge on any atom is -0.352 e. The van der Waals surface area contributed by atoms with Crippen LogP contribution in [0.3, 0.4) is 0 Å². The number of nitrogens with zero attached hydrogens (tertiary/aromatic N) is 1. The first kappa shape index (κ1) is 13.3. The van der Waals surface area contributed by atoms with Crippen molar-refractivity contribution in [1.82, 2.24) is 10.2 Å². The van der Waals surface area contributed by atoms with Crippen LogP contribution in [-0.2, 0) is 4.79 Å². The molecule has 0 bridgehead atoms. The highest BCUT2D eigenvalue weighted by Gasteiger charge is 2.35. The van der Waals surface area contributed by atoms with E-state index in [0.717, 1.165) is 0 Å². The van der Waals surface area contributed by atoms with Crippen molar-refractivity contribution in [1.29, 1.82) is 0 Å². The molecule has 1 N–H and O–H groups in total. The molecule has 0 spiro atoms. The molecule has 6 heteroatoms. The molecular formula is C10H17F3N2O. The van der Waals surface area contributed by atoms with Gasteiger partial charge in [-0.15, -0.1) is 0 Å². The Morgan fingerprint density at radius 1 is 1.44 bits per heavy atom. The lowest BCUT2D eigenvalue weighted by molar-refractivity contribution is -0.148. The Bertz CT molecular complexity index is 255. The van der Waals surface area contributed by atoms with Crippen LogP contribution in [0.5, 0.6) is 0 Å². The molecule has 0 aromatic heterocycles. The summed E-state index contributed by atoms with van der Waals surface area (Å²) in [6, 6.07) is -0.163. The van der Waals surface area contributed by atoms with E-state index in [4.69, 9.17) is 0 Å². The summed E-state index contributed by atoms with van der Waals surface area (Å²) < 4.78 is 36.8. The number of nitrogens with one attached hydrogen (secondary N) is 1. The molecule has 1 heterocycles. The Morgan fingerprint density at radius 2 is 2.06 bits per heavy atom. The van der Waals surface area contributed by atoms with E-state index >= 15 is 0 Å². The van der Waals surface area contributed by atoms with Crippen molar-refractivity contribution in [3.63, 3.8) is 0 Å². The summed E-state index contributed by atoms with van der Waals surface area (Å²) in [5.74, 6) is -0.610. The van der Waals surface area contributed by atoms with Crippen LogP contribution >= 0.6 is 0 Å². The average molecular weight is 238 g/mol. The van der Waals surface area contributed by atoms with Gasteiger partial charge in [0.25, 0.3) is 0 Å². The SMILES string of the molecule is CC(=O)NC1CC(CC(F)(F)F)CN(C)C1. The van der Waals surface area contributed by atoms with E-state index in [2.05, 4.69) is 5.32 Å². The summed E-state index contributed by atoms with van der Waals surface area (Å²) >= 11 is 0. The highest BCUT2D eigenvalue weighted by atomic mass is 19.4. The van der Waals surface area contributed by atoms with Crippen molar-refractivity contribution in [2.75, 3.05) is 20.1 Å². The molecule has 3 nitrogen and oxygen atoms in total. The van der Waals surface area contributed by atoms with Gasteiger partial charge in [-0.3, -0.25) is 4.79 Å². The normalized spacial score (nSPS) is 27.8. The van der Waals surface area contributed by atoms with Crippen LogP contribution in [0, 0.1) is 5.92 Å². The fourth-order valence-corrected chi connectivity index (χ4v) is 2.31. The van der Waals surface area contributed by atoms with Crippen LogP contribution in [0.25, 0.3) is 0 Å². The molecule has 0 radical (unpaired) electrons. The van der Waals surface area contributed by atoms with E-state index in [1.54, 1.807) is 7.05 Å². The molecule has 0 aromatic rings. The van der Waals surface area contributed by atoms with Gasteiger partial charge in [0.2, 0.25) is 5.91 Å². The number of carbonyl (C=O) groups is 1. The lowest BCUT2D eigenvalue weighted by Crippen LogP contribution is -2.49. The molecule has 0 aromatic carbocycles. The molecule has 1 aliphatic heterocycles. The second-order valence-electron chi connectivity index (χ2n) is 4.54. The lowest BCUT2D eigenvalue weighted by Gasteiger charge is -2.36. The summed E-state index contributed by atoms with van der Waals surface area (Å²) in [7, 11) is 1.78. The van der Waals surface area contributed by atoms with Gasteiger partial charge in [-0.2, -0.15) is 13.2 Å². The zero-order chi connectivity index (χ0) is 12.3. The number of hydrogen-bond acceptors (Lipinski definition) is 2. The van der Waals surface area contributed by atoms with Crippen molar-refractivity contribution in [3.05, 3.63) is 0 Å². The van der Waals surface area contributed by atoms with Gasteiger partial charge in [0.1, 0.15) is 0 Å². The summed E-state index contributed by atoms with van der Waals surface area (Å²) in [5.41, 5.74) is 0. The summed E-state index contributed by atoms with van der Waals surface area (Å²) in [6.45, 7) is 2.44. The van der Waals surface area contributed by atoms with Gasteiger partial charge in [0.15, 0.2) is 0 Å². The van der Waals surface area contributed by atoms with Gasteiger partial charge >= 0.3 is 6.18 Å². The maximum Gasteiger partial charge on any atom is 0.389 e. The average Bonchev–Trinajstić information content (AvgIpc) is 1.96. The van der Waals surface area contributed by atoms with Crippen molar-refractivity contribution in [2.45, 2.75) is 32.0 Å². The van der Waals surface area contributed by atoms with Crippen molar-refractivity contribution in [2.24, 2.45) is 5.92 Å². The second kappa shape index (κ2) is 5.03. The highest BCUT2D eigenvalue weighted by molar-refractivity contribution is 5.73. The molecule has 1 amide bonds. The summed E-state index contributed by atoms with van der Waals surface area (Å²) in [4.78, 5) is 12.7.